The van der Waals surface area contributed by atoms with Crippen LogP contribution in [0, 0.1) is 12.7 Å². The molecule has 1 heterocycles. The van der Waals surface area contributed by atoms with Crippen molar-refractivity contribution in [3.63, 3.8) is 0 Å². The van der Waals surface area contributed by atoms with Gasteiger partial charge in [-0.1, -0.05) is 18.2 Å². The Morgan fingerprint density at radius 1 is 1.53 bits per heavy atom. The molecule has 2 nitrogen and oxygen atoms in total. The standard InChI is InChI=1S/C12H16FNO/c1-9-3-2-4-10(12(9)13)7-14-6-5-11(15)8-14/h2-4,11,15H,5-8H2,1H3/t11-/m0/s1. The number of aliphatic hydroxyl groups is 1. The van der Waals surface area contributed by atoms with Gasteiger partial charge >= 0.3 is 0 Å². The fourth-order valence-electron chi connectivity index (χ4n) is 2.03. The highest BCUT2D eigenvalue weighted by Gasteiger charge is 2.21. The number of aliphatic hydroxyl groups excluding tert-OH is 1. The molecule has 1 fully saturated rings. The topological polar surface area (TPSA) is 23.5 Å². The molecule has 0 unspecified atom stereocenters. The number of β-amino-alcohol motifs (C(OH)–C–C–N with tert-alkyl or cyclic N) is 1. The number of hydrogen-bond acceptors (Lipinski definition) is 2. The molecule has 2 rings (SSSR count). The van der Waals surface area contributed by atoms with E-state index in [-0.39, 0.29) is 11.9 Å². The van der Waals surface area contributed by atoms with E-state index in [0.717, 1.165) is 18.5 Å². The predicted molar refractivity (Wildman–Crippen MR) is 57.0 cm³/mol. The number of nitrogens with zero attached hydrogens (tertiary/aromatic N) is 1. The monoisotopic (exact) mass is 209 g/mol. The van der Waals surface area contributed by atoms with Gasteiger partial charge < -0.3 is 5.11 Å². The van der Waals surface area contributed by atoms with Gasteiger partial charge in [-0.3, -0.25) is 4.90 Å². The number of benzene rings is 1. The Hall–Kier alpha value is -0.930. The quantitative estimate of drug-likeness (QED) is 0.801. The number of hydrogen-bond donors (Lipinski definition) is 1. The van der Waals surface area contributed by atoms with Crippen molar-refractivity contribution in [2.75, 3.05) is 13.1 Å². The first-order chi connectivity index (χ1) is 7.16. The van der Waals surface area contributed by atoms with Gasteiger partial charge in [0, 0.05) is 25.2 Å². The molecule has 0 amide bonds. The van der Waals surface area contributed by atoms with E-state index in [1.807, 2.05) is 12.1 Å². The molecule has 15 heavy (non-hydrogen) atoms. The molecule has 0 spiro atoms. The molecule has 1 aliphatic heterocycles. The van der Waals surface area contributed by atoms with Gasteiger partial charge in [0.1, 0.15) is 5.82 Å². The molecule has 0 bridgehead atoms. The molecule has 0 aromatic heterocycles. The second-order valence-corrected chi connectivity index (χ2v) is 4.23. The Morgan fingerprint density at radius 3 is 3.00 bits per heavy atom. The normalized spacial score (nSPS) is 22.2. The van der Waals surface area contributed by atoms with Gasteiger partial charge in [-0.25, -0.2) is 4.39 Å². The van der Waals surface area contributed by atoms with Crippen molar-refractivity contribution in [2.24, 2.45) is 0 Å². The number of halogens is 1. The molecule has 3 heteroatoms. The maximum atomic E-state index is 13.7. The highest BCUT2D eigenvalue weighted by molar-refractivity contribution is 5.24. The molecule has 1 aliphatic rings. The SMILES string of the molecule is Cc1cccc(CN2CC[C@H](O)C2)c1F. The molecule has 1 N–H and O–H groups in total. The fourth-order valence-corrected chi connectivity index (χ4v) is 2.03. The van der Waals surface area contributed by atoms with Crippen molar-refractivity contribution in [1.29, 1.82) is 0 Å². The third kappa shape index (κ3) is 2.36. The third-order valence-electron chi connectivity index (χ3n) is 2.91. The minimum Gasteiger partial charge on any atom is -0.392 e. The van der Waals surface area contributed by atoms with Crippen molar-refractivity contribution in [2.45, 2.75) is 26.0 Å². The lowest BCUT2D eigenvalue weighted by Crippen LogP contribution is -2.22. The van der Waals surface area contributed by atoms with Crippen LogP contribution in [0.4, 0.5) is 4.39 Å². The summed E-state index contributed by atoms with van der Waals surface area (Å²) in [5.74, 6) is -0.112. The third-order valence-corrected chi connectivity index (χ3v) is 2.91. The second kappa shape index (κ2) is 4.29. The highest BCUT2D eigenvalue weighted by Crippen LogP contribution is 2.17. The molecule has 0 radical (unpaired) electrons. The largest absolute Gasteiger partial charge is 0.392 e. The van der Waals surface area contributed by atoms with Crippen molar-refractivity contribution in [3.8, 4) is 0 Å². The van der Waals surface area contributed by atoms with E-state index in [1.165, 1.54) is 0 Å². The van der Waals surface area contributed by atoms with Crippen LogP contribution in [-0.4, -0.2) is 29.2 Å². The molecule has 1 aromatic carbocycles. The Balaban J connectivity index is 2.07. The first-order valence-electron chi connectivity index (χ1n) is 5.31. The summed E-state index contributed by atoms with van der Waals surface area (Å²) in [5.41, 5.74) is 1.41. The molecule has 1 aromatic rings. The van der Waals surface area contributed by atoms with Crippen LogP contribution in [0.3, 0.4) is 0 Å². The van der Waals surface area contributed by atoms with Gasteiger partial charge in [0.2, 0.25) is 0 Å². The minimum absolute atomic E-state index is 0.112. The van der Waals surface area contributed by atoms with E-state index in [0.29, 0.717) is 18.7 Å². The Morgan fingerprint density at radius 2 is 2.33 bits per heavy atom. The summed E-state index contributed by atoms with van der Waals surface area (Å²) in [5, 5.41) is 9.37. The average molecular weight is 209 g/mol. The van der Waals surface area contributed by atoms with Gasteiger partial charge in [-0.15, -0.1) is 0 Å². The smallest absolute Gasteiger partial charge is 0.130 e. The molecular formula is C12H16FNO. The molecule has 0 aliphatic carbocycles. The fraction of sp³-hybridized carbons (Fsp3) is 0.500. The van der Waals surface area contributed by atoms with Crippen LogP contribution in [0.1, 0.15) is 17.5 Å². The lowest BCUT2D eigenvalue weighted by atomic mass is 10.1. The Bertz CT molecular complexity index is 353. The molecular weight excluding hydrogens is 193 g/mol. The second-order valence-electron chi connectivity index (χ2n) is 4.23. The first-order valence-corrected chi connectivity index (χ1v) is 5.31. The van der Waals surface area contributed by atoms with Crippen LogP contribution in [0.2, 0.25) is 0 Å². The summed E-state index contributed by atoms with van der Waals surface area (Å²) in [4.78, 5) is 2.09. The van der Waals surface area contributed by atoms with E-state index in [9.17, 15) is 9.50 Å². The van der Waals surface area contributed by atoms with Crippen molar-refractivity contribution >= 4 is 0 Å². The average Bonchev–Trinajstić information content (AvgIpc) is 2.59. The molecule has 1 saturated heterocycles. The van der Waals surface area contributed by atoms with Crippen LogP contribution in [0.5, 0.6) is 0 Å². The number of likely N-dealkylation sites (tertiary alicyclic amines) is 1. The minimum atomic E-state index is -0.238. The number of rotatable bonds is 2. The predicted octanol–water partition coefficient (Wildman–Crippen LogP) is 1.70. The van der Waals surface area contributed by atoms with E-state index >= 15 is 0 Å². The summed E-state index contributed by atoms with van der Waals surface area (Å²) in [6.07, 6.45) is 0.561. The van der Waals surface area contributed by atoms with Gasteiger partial charge in [0.25, 0.3) is 0 Å². The zero-order valence-electron chi connectivity index (χ0n) is 8.91. The zero-order valence-corrected chi connectivity index (χ0v) is 8.91. The number of aryl methyl sites for hydroxylation is 1. The molecule has 1 atom stereocenters. The van der Waals surface area contributed by atoms with Gasteiger partial charge in [0.15, 0.2) is 0 Å². The van der Waals surface area contributed by atoms with Crippen LogP contribution in [0.25, 0.3) is 0 Å². The maximum Gasteiger partial charge on any atom is 0.130 e. The van der Waals surface area contributed by atoms with Crippen molar-refractivity contribution < 1.29 is 9.50 Å². The summed E-state index contributed by atoms with van der Waals surface area (Å²) in [6.45, 7) is 3.89. The summed E-state index contributed by atoms with van der Waals surface area (Å²) >= 11 is 0. The summed E-state index contributed by atoms with van der Waals surface area (Å²) in [7, 11) is 0. The maximum absolute atomic E-state index is 13.7. The lowest BCUT2D eigenvalue weighted by Gasteiger charge is -2.15. The van der Waals surface area contributed by atoms with Gasteiger partial charge in [-0.05, 0) is 18.9 Å². The van der Waals surface area contributed by atoms with Crippen LogP contribution >= 0.6 is 0 Å². The summed E-state index contributed by atoms with van der Waals surface area (Å²) < 4.78 is 13.7. The van der Waals surface area contributed by atoms with Gasteiger partial charge in [0.05, 0.1) is 6.10 Å². The van der Waals surface area contributed by atoms with E-state index < -0.39 is 0 Å². The lowest BCUT2D eigenvalue weighted by molar-refractivity contribution is 0.174. The van der Waals surface area contributed by atoms with Crippen LogP contribution < -0.4 is 0 Å². The Labute approximate surface area is 89.3 Å². The summed E-state index contributed by atoms with van der Waals surface area (Å²) in [6, 6.07) is 5.46. The van der Waals surface area contributed by atoms with Gasteiger partial charge in [-0.2, -0.15) is 0 Å². The van der Waals surface area contributed by atoms with Crippen LogP contribution in [0.15, 0.2) is 18.2 Å². The van der Waals surface area contributed by atoms with Crippen molar-refractivity contribution in [3.05, 3.63) is 35.1 Å². The zero-order chi connectivity index (χ0) is 10.8. The van der Waals surface area contributed by atoms with E-state index in [4.69, 9.17) is 0 Å². The molecule has 0 saturated carbocycles. The van der Waals surface area contributed by atoms with E-state index in [1.54, 1.807) is 13.0 Å². The van der Waals surface area contributed by atoms with Crippen LogP contribution in [-0.2, 0) is 6.54 Å². The highest BCUT2D eigenvalue weighted by atomic mass is 19.1. The Kier molecular flexibility index (Phi) is 3.03. The first kappa shape index (κ1) is 10.6. The van der Waals surface area contributed by atoms with E-state index in [2.05, 4.69) is 4.90 Å². The van der Waals surface area contributed by atoms with Crippen molar-refractivity contribution in [1.82, 2.24) is 4.90 Å². The molecule has 82 valence electrons.